The average molecular weight is 160 g/mol. The third-order valence-corrected chi connectivity index (χ3v) is 3.83. The van der Waals surface area contributed by atoms with Gasteiger partial charge in [0.2, 0.25) is 0 Å². The lowest BCUT2D eigenvalue weighted by Gasteiger charge is -2.30. The standard InChI is InChI=1S/C7H17N2P/c1-5-7(3,10-4)6(2)9-8/h5-6,9-10H,1,8H2,2-4H3. The second-order valence-corrected chi connectivity index (χ2v) is 4.20. The van der Waals surface area contributed by atoms with Gasteiger partial charge < -0.3 is 0 Å². The third kappa shape index (κ3) is 2.05. The minimum atomic E-state index is 0.148. The maximum absolute atomic E-state index is 5.32. The van der Waals surface area contributed by atoms with Crippen LogP contribution in [0.25, 0.3) is 0 Å². The minimum absolute atomic E-state index is 0.148. The van der Waals surface area contributed by atoms with Gasteiger partial charge in [0, 0.05) is 11.2 Å². The molecule has 0 aliphatic rings. The van der Waals surface area contributed by atoms with Crippen LogP contribution in [-0.2, 0) is 0 Å². The van der Waals surface area contributed by atoms with Gasteiger partial charge in [-0.25, -0.2) is 0 Å². The Morgan fingerprint density at radius 3 is 2.40 bits per heavy atom. The predicted molar refractivity (Wildman–Crippen MR) is 49.6 cm³/mol. The number of rotatable bonds is 4. The molecule has 3 atom stereocenters. The third-order valence-electron chi connectivity index (χ3n) is 2.11. The van der Waals surface area contributed by atoms with E-state index in [4.69, 9.17) is 5.84 Å². The van der Waals surface area contributed by atoms with Gasteiger partial charge in [-0.1, -0.05) is 13.0 Å². The van der Waals surface area contributed by atoms with E-state index in [2.05, 4.69) is 32.5 Å². The van der Waals surface area contributed by atoms with Gasteiger partial charge in [-0.05, 0) is 13.6 Å². The lowest BCUT2D eigenvalue weighted by atomic mass is 10.0. The Kier molecular flexibility index (Phi) is 4.11. The van der Waals surface area contributed by atoms with Crippen molar-refractivity contribution in [2.24, 2.45) is 5.84 Å². The van der Waals surface area contributed by atoms with Gasteiger partial charge in [-0.3, -0.25) is 11.3 Å². The number of hydrogen-bond donors (Lipinski definition) is 2. The molecule has 0 saturated carbocycles. The predicted octanol–water partition coefficient (Wildman–Crippen LogP) is 1.09. The van der Waals surface area contributed by atoms with Crippen LogP contribution in [0.5, 0.6) is 0 Å². The summed E-state index contributed by atoms with van der Waals surface area (Å²) in [6, 6.07) is 0.299. The lowest BCUT2D eigenvalue weighted by molar-refractivity contribution is 0.502. The first-order chi connectivity index (χ1) is 4.60. The molecule has 0 rings (SSSR count). The first-order valence-electron chi connectivity index (χ1n) is 3.39. The van der Waals surface area contributed by atoms with Crippen LogP contribution in [0, 0.1) is 0 Å². The molecule has 0 spiro atoms. The van der Waals surface area contributed by atoms with Crippen LogP contribution in [0.4, 0.5) is 0 Å². The van der Waals surface area contributed by atoms with Crippen LogP contribution in [0.1, 0.15) is 13.8 Å². The fourth-order valence-electron chi connectivity index (χ4n) is 0.668. The van der Waals surface area contributed by atoms with E-state index in [0.717, 1.165) is 8.58 Å². The summed E-state index contributed by atoms with van der Waals surface area (Å²) < 4.78 is 0. The molecule has 60 valence electrons. The normalized spacial score (nSPS) is 20.8. The van der Waals surface area contributed by atoms with Crippen LogP contribution in [0.2, 0.25) is 0 Å². The van der Waals surface area contributed by atoms with Gasteiger partial charge >= 0.3 is 0 Å². The molecule has 0 aliphatic carbocycles. The fraction of sp³-hybridized carbons (Fsp3) is 0.714. The first-order valence-corrected chi connectivity index (χ1v) is 4.89. The molecule has 0 saturated heterocycles. The highest BCUT2D eigenvalue weighted by Crippen LogP contribution is 2.32. The molecule has 0 aromatic heterocycles. The van der Waals surface area contributed by atoms with Crippen molar-refractivity contribution in [2.45, 2.75) is 25.0 Å². The van der Waals surface area contributed by atoms with Crippen molar-refractivity contribution in [3.05, 3.63) is 12.7 Å². The smallest absolute Gasteiger partial charge is 0.0307 e. The van der Waals surface area contributed by atoms with Crippen LogP contribution in [0.15, 0.2) is 12.7 Å². The summed E-state index contributed by atoms with van der Waals surface area (Å²) in [6.45, 7) is 10.2. The highest BCUT2D eigenvalue weighted by molar-refractivity contribution is 7.39. The monoisotopic (exact) mass is 160 g/mol. The molecule has 10 heavy (non-hydrogen) atoms. The Balaban J connectivity index is 4.16. The van der Waals surface area contributed by atoms with Crippen molar-refractivity contribution in [2.75, 3.05) is 6.66 Å². The van der Waals surface area contributed by atoms with E-state index in [1.54, 1.807) is 0 Å². The van der Waals surface area contributed by atoms with E-state index in [0.29, 0.717) is 6.04 Å². The van der Waals surface area contributed by atoms with Crippen LogP contribution < -0.4 is 11.3 Å². The van der Waals surface area contributed by atoms with Crippen LogP contribution in [0.3, 0.4) is 0 Å². The maximum atomic E-state index is 5.32. The topological polar surface area (TPSA) is 38.0 Å². The Bertz CT molecular complexity index is 116. The summed E-state index contributed by atoms with van der Waals surface area (Å²) >= 11 is 0. The number of hydrazine groups is 1. The fourth-order valence-corrected chi connectivity index (χ4v) is 1.39. The molecule has 0 heterocycles. The zero-order valence-electron chi connectivity index (χ0n) is 6.94. The highest BCUT2D eigenvalue weighted by atomic mass is 31.1. The molecule has 0 amide bonds. The molecule has 0 aliphatic heterocycles. The molecule has 0 radical (unpaired) electrons. The molecule has 3 unspecified atom stereocenters. The molecular formula is C7H17N2P. The second kappa shape index (κ2) is 4.07. The largest absolute Gasteiger partial charge is 0.271 e. The molecule has 3 heteroatoms. The Morgan fingerprint density at radius 2 is 2.30 bits per heavy atom. The summed E-state index contributed by atoms with van der Waals surface area (Å²) in [5.74, 6) is 5.32. The lowest BCUT2D eigenvalue weighted by Crippen LogP contribution is -2.45. The Labute approximate surface area is 65.0 Å². The van der Waals surface area contributed by atoms with Crippen molar-refractivity contribution in [3.8, 4) is 0 Å². The summed E-state index contributed by atoms with van der Waals surface area (Å²) in [4.78, 5) is 0. The quantitative estimate of drug-likeness (QED) is 0.279. The van der Waals surface area contributed by atoms with Crippen LogP contribution >= 0.6 is 8.58 Å². The van der Waals surface area contributed by atoms with Gasteiger partial charge in [0.15, 0.2) is 0 Å². The van der Waals surface area contributed by atoms with Gasteiger partial charge in [-0.15, -0.1) is 15.2 Å². The minimum Gasteiger partial charge on any atom is -0.271 e. The van der Waals surface area contributed by atoms with Crippen molar-refractivity contribution >= 4 is 8.58 Å². The molecule has 0 bridgehead atoms. The summed E-state index contributed by atoms with van der Waals surface area (Å²) in [6.07, 6.45) is 1.97. The molecule has 0 aromatic rings. The van der Waals surface area contributed by atoms with Crippen molar-refractivity contribution in [1.82, 2.24) is 5.43 Å². The summed E-state index contributed by atoms with van der Waals surface area (Å²) in [5, 5.41) is 0.148. The highest BCUT2D eigenvalue weighted by Gasteiger charge is 2.24. The van der Waals surface area contributed by atoms with Gasteiger partial charge in [0.25, 0.3) is 0 Å². The van der Waals surface area contributed by atoms with E-state index in [-0.39, 0.29) is 5.16 Å². The van der Waals surface area contributed by atoms with E-state index in [1.807, 2.05) is 6.08 Å². The summed E-state index contributed by atoms with van der Waals surface area (Å²) in [7, 11) is 0.828. The SMILES string of the molecule is C=CC(C)(PC)C(C)NN. The number of nitrogens with two attached hydrogens (primary N) is 1. The van der Waals surface area contributed by atoms with Gasteiger partial charge in [-0.2, -0.15) is 0 Å². The molecule has 2 nitrogen and oxygen atoms in total. The van der Waals surface area contributed by atoms with Gasteiger partial charge in [0.05, 0.1) is 0 Å². The second-order valence-electron chi connectivity index (χ2n) is 2.63. The van der Waals surface area contributed by atoms with Crippen molar-refractivity contribution < 1.29 is 0 Å². The summed E-state index contributed by atoms with van der Waals surface area (Å²) in [5.41, 5.74) is 2.74. The first kappa shape index (κ1) is 10.1. The zero-order chi connectivity index (χ0) is 8.20. The van der Waals surface area contributed by atoms with Gasteiger partial charge in [0.1, 0.15) is 0 Å². The van der Waals surface area contributed by atoms with E-state index < -0.39 is 0 Å². The zero-order valence-corrected chi connectivity index (χ0v) is 7.94. The molecule has 0 aromatic carbocycles. The molecular weight excluding hydrogens is 143 g/mol. The molecule has 0 fully saturated rings. The van der Waals surface area contributed by atoms with Crippen molar-refractivity contribution in [1.29, 1.82) is 0 Å². The van der Waals surface area contributed by atoms with E-state index >= 15 is 0 Å². The van der Waals surface area contributed by atoms with Crippen LogP contribution in [-0.4, -0.2) is 17.9 Å². The Hall–Kier alpha value is 0.0900. The number of nitrogens with one attached hydrogen (secondary N) is 1. The number of hydrogen-bond acceptors (Lipinski definition) is 2. The average Bonchev–Trinajstić information content (AvgIpc) is 2.01. The van der Waals surface area contributed by atoms with E-state index in [9.17, 15) is 0 Å². The maximum Gasteiger partial charge on any atom is 0.0307 e. The Morgan fingerprint density at radius 1 is 1.80 bits per heavy atom. The molecule has 3 N–H and O–H groups in total. The van der Waals surface area contributed by atoms with Crippen molar-refractivity contribution in [3.63, 3.8) is 0 Å². The van der Waals surface area contributed by atoms with E-state index in [1.165, 1.54) is 0 Å².